The molecular formula is C15H22ClNO2. The predicted molar refractivity (Wildman–Crippen MR) is 79.7 cm³/mol. The van der Waals surface area contributed by atoms with Gasteiger partial charge in [-0.1, -0.05) is 27.7 Å². The van der Waals surface area contributed by atoms with Crippen LogP contribution in [0.5, 0.6) is 0 Å². The van der Waals surface area contributed by atoms with Crippen LogP contribution in [-0.2, 0) is 18.7 Å². The third kappa shape index (κ3) is 4.50. The van der Waals surface area contributed by atoms with Crippen LogP contribution in [0.3, 0.4) is 0 Å². The lowest BCUT2D eigenvalue weighted by atomic mass is 9.91. The molecule has 0 bridgehead atoms. The molecule has 4 heteroatoms. The molecule has 0 atom stereocenters. The second kappa shape index (κ2) is 6.90. The predicted octanol–water partition coefficient (Wildman–Crippen LogP) is 4.73. The Hall–Kier alpha value is -1.09. The Labute approximate surface area is 120 Å². The maximum absolute atomic E-state index is 11.0. The summed E-state index contributed by atoms with van der Waals surface area (Å²) in [4.78, 5) is 10.7. The maximum Gasteiger partial charge on any atom is 0.269 e. The van der Waals surface area contributed by atoms with Gasteiger partial charge in [-0.25, -0.2) is 0 Å². The fourth-order valence-corrected chi connectivity index (χ4v) is 2.64. The first kappa shape index (κ1) is 16.0. The summed E-state index contributed by atoms with van der Waals surface area (Å²) in [6, 6.07) is 3.36. The second-order valence-corrected chi connectivity index (χ2v) is 6.10. The first-order chi connectivity index (χ1) is 8.85. The highest BCUT2D eigenvalue weighted by Crippen LogP contribution is 2.28. The van der Waals surface area contributed by atoms with E-state index in [0.29, 0.717) is 17.7 Å². The highest BCUT2D eigenvalue weighted by molar-refractivity contribution is 6.17. The molecule has 0 unspecified atom stereocenters. The summed E-state index contributed by atoms with van der Waals surface area (Å²) in [5.41, 5.74) is 3.31. The van der Waals surface area contributed by atoms with Gasteiger partial charge in [0, 0.05) is 18.0 Å². The van der Waals surface area contributed by atoms with Crippen LogP contribution in [0.1, 0.15) is 44.4 Å². The largest absolute Gasteiger partial charge is 0.269 e. The first-order valence-electron chi connectivity index (χ1n) is 6.70. The molecule has 19 heavy (non-hydrogen) atoms. The van der Waals surface area contributed by atoms with Gasteiger partial charge in [-0.2, -0.15) is 0 Å². The van der Waals surface area contributed by atoms with E-state index < -0.39 is 0 Å². The van der Waals surface area contributed by atoms with Crippen molar-refractivity contribution >= 4 is 17.3 Å². The zero-order valence-electron chi connectivity index (χ0n) is 12.1. The van der Waals surface area contributed by atoms with Crippen LogP contribution in [0.15, 0.2) is 12.1 Å². The fourth-order valence-electron chi connectivity index (χ4n) is 2.30. The number of benzene rings is 1. The number of nitro benzene ring substituents is 1. The molecule has 0 saturated carbocycles. The van der Waals surface area contributed by atoms with Gasteiger partial charge in [0.1, 0.15) is 0 Å². The van der Waals surface area contributed by atoms with E-state index in [2.05, 4.69) is 27.7 Å². The minimum absolute atomic E-state index is 0.181. The lowest BCUT2D eigenvalue weighted by Gasteiger charge is -2.16. The third-order valence-corrected chi connectivity index (χ3v) is 3.29. The molecule has 0 saturated heterocycles. The minimum atomic E-state index is -0.314. The summed E-state index contributed by atoms with van der Waals surface area (Å²) in [5, 5.41) is 11.0. The van der Waals surface area contributed by atoms with Crippen LogP contribution in [0.2, 0.25) is 0 Å². The summed E-state index contributed by atoms with van der Waals surface area (Å²) in [5.74, 6) is 1.33. The Morgan fingerprint density at radius 1 is 1.11 bits per heavy atom. The van der Waals surface area contributed by atoms with Crippen LogP contribution >= 0.6 is 11.6 Å². The van der Waals surface area contributed by atoms with E-state index in [4.69, 9.17) is 11.6 Å². The lowest BCUT2D eigenvalue weighted by molar-refractivity contribution is -0.385. The normalized spacial score (nSPS) is 11.3. The van der Waals surface area contributed by atoms with Gasteiger partial charge in [0.25, 0.3) is 5.69 Å². The van der Waals surface area contributed by atoms with Crippen LogP contribution in [0.25, 0.3) is 0 Å². The molecular weight excluding hydrogens is 262 g/mol. The standard InChI is InChI=1S/C15H22ClNO2/c1-10(2)5-12-7-14(17(18)19)8-13(6-11(3)4)15(12)9-16/h7-8,10-11H,5-6,9H2,1-4H3. The van der Waals surface area contributed by atoms with E-state index in [9.17, 15) is 10.1 Å². The molecule has 0 amide bonds. The first-order valence-corrected chi connectivity index (χ1v) is 7.23. The van der Waals surface area contributed by atoms with Crippen molar-refractivity contribution < 1.29 is 4.92 Å². The Balaban J connectivity index is 3.33. The minimum Gasteiger partial charge on any atom is -0.258 e. The smallest absolute Gasteiger partial charge is 0.258 e. The Morgan fingerprint density at radius 2 is 1.53 bits per heavy atom. The van der Waals surface area contributed by atoms with Gasteiger partial charge in [-0.05, 0) is 41.4 Å². The monoisotopic (exact) mass is 283 g/mol. The highest BCUT2D eigenvalue weighted by atomic mass is 35.5. The Kier molecular flexibility index (Phi) is 5.80. The van der Waals surface area contributed by atoms with E-state index >= 15 is 0 Å². The molecule has 0 heterocycles. The van der Waals surface area contributed by atoms with Crippen molar-refractivity contribution in [1.82, 2.24) is 0 Å². The van der Waals surface area contributed by atoms with Crippen LogP contribution in [-0.4, -0.2) is 4.92 Å². The van der Waals surface area contributed by atoms with E-state index in [-0.39, 0.29) is 10.6 Å². The number of halogens is 1. The molecule has 0 spiro atoms. The molecule has 0 radical (unpaired) electrons. The number of nitro groups is 1. The van der Waals surface area contributed by atoms with Gasteiger partial charge in [0.2, 0.25) is 0 Å². The molecule has 0 aliphatic carbocycles. The number of nitrogens with zero attached hydrogens (tertiary/aromatic N) is 1. The van der Waals surface area contributed by atoms with E-state index in [1.54, 1.807) is 12.1 Å². The number of rotatable bonds is 6. The van der Waals surface area contributed by atoms with E-state index in [1.807, 2.05) is 0 Å². The molecule has 1 rings (SSSR count). The van der Waals surface area contributed by atoms with Gasteiger partial charge >= 0.3 is 0 Å². The van der Waals surface area contributed by atoms with Gasteiger partial charge in [0.05, 0.1) is 4.92 Å². The van der Waals surface area contributed by atoms with Crippen LogP contribution in [0.4, 0.5) is 5.69 Å². The quantitative estimate of drug-likeness (QED) is 0.430. The lowest BCUT2D eigenvalue weighted by Crippen LogP contribution is -2.06. The van der Waals surface area contributed by atoms with E-state index in [0.717, 1.165) is 29.5 Å². The molecule has 106 valence electrons. The molecule has 0 aliphatic rings. The number of alkyl halides is 1. The fraction of sp³-hybridized carbons (Fsp3) is 0.600. The maximum atomic E-state index is 11.0. The van der Waals surface area contributed by atoms with Crippen molar-refractivity contribution in [1.29, 1.82) is 0 Å². The molecule has 0 fully saturated rings. The van der Waals surface area contributed by atoms with Gasteiger partial charge in [-0.3, -0.25) is 10.1 Å². The Bertz CT molecular complexity index is 424. The topological polar surface area (TPSA) is 43.1 Å². The molecule has 0 aliphatic heterocycles. The number of non-ortho nitro benzene ring substituents is 1. The third-order valence-electron chi connectivity index (χ3n) is 3.02. The van der Waals surface area contributed by atoms with Crippen LogP contribution in [0, 0.1) is 22.0 Å². The summed E-state index contributed by atoms with van der Waals surface area (Å²) in [6.07, 6.45) is 1.66. The van der Waals surface area contributed by atoms with Gasteiger partial charge < -0.3 is 0 Å². The number of hydrogen-bond donors (Lipinski definition) is 0. The van der Waals surface area contributed by atoms with Gasteiger partial charge in [-0.15, -0.1) is 11.6 Å². The molecule has 0 N–H and O–H groups in total. The summed E-state index contributed by atoms with van der Waals surface area (Å²) >= 11 is 6.07. The second-order valence-electron chi connectivity index (χ2n) is 5.83. The van der Waals surface area contributed by atoms with E-state index in [1.165, 1.54) is 0 Å². The molecule has 0 aromatic heterocycles. The molecule has 1 aromatic rings. The average molecular weight is 284 g/mol. The van der Waals surface area contributed by atoms with Crippen molar-refractivity contribution in [2.45, 2.75) is 46.4 Å². The van der Waals surface area contributed by atoms with Crippen molar-refractivity contribution in [3.8, 4) is 0 Å². The van der Waals surface area contributed by atoms with Crippen LogP contribution < -0.4 is 0 Å². The zero-order chi connectivity index (χ0) is 14.6. The zero-order valence-corrected chi connectivity index (χ0v) is 12.8. The highest BCUT2D eigenvalue weighted by Gasteiger charge is 2.17. The average Bonchev–Trinajstić information content (AvgIpc) is 2.26. The number of hydrogen-bond acceptors (Lipinski definition) is 2. The summed E-state index contributed by atoms with van der Waals surface area (Å²) in [7, 11) is 0. The van der Waals surface area contributed by atoms with Gasteiger partial charge in [0.15, 0.2) is 0 Å². The molecule has 1 aromatic carbocycles. The van der Waals surface area contributed by atoms with Crippen molar-refractivity contribution in [2.24, 2.45) is 11.8 Å². The summed E-state index contributed by atoms with van der Waals surface area (Å²) < 4.78 is 0. The van der Waals surface area contributed by atoms with Crippen molar-refractivity contribution in [3.05, 3.63) is 38.9 Å². The summed E-state index contributed by atoms with van der Waals surface area (Å²) in [6.45, 7) is 8.44. The van der Waals surface area contributed by atoms with Crippen molar-refractivity contribution in [2.75, 3.05) is 0 Å². The van der Waals surface area contributed by atoms with Crippen molar-refractivity contribution in [3.63, 3.8) is 0 Å². The Morgan fingerprint density at radius 3 is 1.79 bits per heavy atom. The molecule has 3 nitrogen and oxygen atoms in total. The SMILES string of the molecule is CC(C)Cc1cc([N+](=O)[O-])cc(CC(C)C)c1CCl.